The predicted molar refractivity (Wildman–Crippen MR) is 109 cm³/mol. The van der Waals surface area contributed by atoms with Crippen LogP contribution in [0.5, 0.6) is 17.2 Å². The van der Waals surface area contributed by atoms with Crippen molar-refractivity contribution in [2.24, 2.45) is 0 Å². The van der Waals surface area contributed by atoms with Crippen LogP contribution >= 0.6 is 78.3 Å². The van der Waals surface area contributed by atoms with Gasteiger partial charge in [-0.3, -0.25) is 0 Å². The van der Waals surface area contributed by atoms with Crippen molar-refractivity contribution in [2.75, 3.05) is 6.61 Å². The Balaban J connectivity index is 2.31. The molecule has 0 atom stereocenters. The zero-order chi connectivity index (χ0) is 20.4. The van der Waals surface area contributed by atoms with Gasteiger partial charge in [-0.15, -0.1) is 0 Å². The van der Waals surface area contributed by atoms with Crippen LogP contribution in [0.2, 0.25) is 20.1 Å². The quantitative estimate of drug-likeness (QED) is 0.346. The lowest BCUT2D eigenvalue weighted by Crippen LogP contribution is -2.05. The molecule has 0 radical (unpaired) electrons. The highest BCUT2D eigenvalue weighted by Gasteiger charge is 2.32. The van der Waals surface area contributed by atoms with E-state index in [4.69, 9.17) is 55.9 Å². The number of hydrogen-bond donors (Lipinski definition) is 0. The molecule has 2 aromatic carbocycles. The molecule has 0 aliphatic rings. The van der Waals surface area contributed by atoms with Crippen LogP contribution in [0, 0.1) is 0 Å². The van der Waals surface area contributed by atoms with Gasteiger partial charge < -0.3 is 9.47 Å². The number of halogens is 9. The molecule has 0 saturated carbocycles. The Bertz CT molecular complexity index is 838. The van der Waals surface area contributed by atoms with Gasteiger partial charge in [-0.25, -0.2) is 0 Å². The zero-order valence-corrected chi connectivity index (χ0v) is 19.0. The molecule has 27 heavy (non-hydrogen) atoms. The topological polar surface area (TPSA) is 18.5 Å². The Kier molecular flexibility index (Phi) is 8.05. The summed E-state index contributed by atoms with van der Waals surface area (Å²) >= 11 is 30.4. The third-order valence-electron chi connectivity index (χ3n) is 2.99. The first-order valence-electron chi connectivity index (χ1n) is 6.86. The fourth-order valence-electron chi connectivity index (χ4n) is 1.84. The monoisotopic (exact) mass is 586 g/mol. The van der Waals surface area contributed by atoms with Gasteiger partial charge in [0.05, 0.1) is 29.0 Å². The maximum absolute atomic E-state index is 12.8. The van der Waals surface area contributed by atoms with Crippen molar-refractivity contribution in [1.82, 2.24) is 0 Å². The van der Waals surface area contributed by atoms with E-state index in [1.807, 2.05) is 0 Å². The molecule has 2 rings (SSSR count). The van der Waals surface area contributed by atoms with Crippen LogP contribution in [0.1, 0.15) is 5.56 Å². The predicted octanol–water partition coefficient (Wildman–Crippen LogP) is 9.12. The van der Waals surface area contributed by atoms with E-state index >= 15 is 0 Å². The SMILES string of the molecule is FC(F)(F)c1cc(Cl)c(Oc2c(Cl)cc(OCC=C(Br)Br)cc2Cl)c(Cl)c1. The summed E-state index contributed by atoms with van der Waals surface area (Å²) in [5.74, 6) is 0.140. The van der Waals surface area contributed by atoms with Crippen molar-refractivity contribution >= 4 is 78.3 Å². The molecule has 0 unspecified atom stereocenters. The Morgan fingerprint density at radius 2 is 1.33 bits per heavy atom. The third-order valence-corrected chi connectivity index (χ3v) is 4.76. The number of benzene rings is 2. The lowest BCUT2D eigenvalue weighted by Gasteiger charge is -2.15. The highest BCUT2D eigenvalue weighted by molar-refractivity contribution is 9.28. The van der Waals surface area contributed by atoms with Crippen molar-refractivity contribution in [2.45, 2.75) is 6.18 Å². The first kappa shape index (κ1) is 23.0. The van der Waals surface area contributed by atoms with Crippen molar-refractivity contribution in [3.63, 3.8) is 0 Å². The van der Waals surface area contributed by atoms with Crippen LogP contribution in [0.4, 0.5) is 13.2 Å². The van der Waals surface area contributed by atoms with E-state index < -0.39 is 11.7 Å². The number of hydrogen-bond acceptors (Lipinski definition) is 2. The second-order valence-electron chi connectivity index (χ2n) is 4.89. The normalized spacial score (nSPS) is 11.3. The van der Waals surface area contributed by atoms with E-state index in [0.717, 1.165) is 0 Å². The number of alkyl halides is 3. The van der Waals surface area contributed by atoms with Gasteiger partial charge in [-0.05, 0) is 50.1 Å². The molecule has 0 heterocycles. The minimum atomic E-state index is -4.60. The third kappa shape index (κ3) is 6.34. The second kappa shape index (κ2) is 9.46. The van der Waals surface area contributed by atoms with Gasteiger partial charge in [0.1, 0.15) is 12.4 Å². The average molecular weight is 590 g/mol. The molecule has 2 aromatic rings. The van der Waals surface area contributed by atoms with Gasteiger partial charge in [0, 0.05) is 12.1 Å². The van der Waals surface area contributed by atoms with Gasteiger partial charge in [-0.2, -0.15) is 13.2 Å². The zero-order valence-electron chi connectivity index (χ0n) is 12.8. The fraction of sp³-hybridized carbons (Fsp3) is 0.125. The minimum Gasteiger partial charge on any atom is -0.489 e. The van der Waals surface area contributed by atoms with Crippen LogP contribution in [-0.4, -0.2) is 6.61 Å². The second-order valence-corrected chi connectivity index (χ2v) is 9.29. The number of ether oxygens (including phenoxy) is 2. The maximum Gasteiger partial charge on any atom is 0.416 e. The molecule has 0 amide bonds. The molecule has 2 nitrogen and oxygen atoms in total. The highest BCUT2D eigenvalue weighted by Crippen LogP contribution is 2.45. The van der Waals surface area contributed by atoms with E-state index in [-0.39, 0.29) is 38.2 Å². The van der Waals surface area contributed by atoms with Gasteiger partial charge >= 0.3 is 6.18 Å². The fourth-order valence-corrected chi connectivity index (χ4v) is 3.21. The molecule has 0 spiro atoms. The van der Waals surface area contributed by atoms with Crippen molar-refractivity contribution in [3.05, 3.63) is 59.4 Å². The number of rotatable bonds is 5. The van der Waals surface area contributed by atoms with Crippen LogP contribution < -0.4 is 9.47 Å². The Labute approximate surface area is 189 Å². The molecule has 11 heteroatoms. The molecular formula is C16H7Br2Cl4F3O2. The van der Waals surface area contributed by atoms with Crippen molar-refractivity contribution in [3.8, 4) is 17.2 Å². The van der Waals surface area contributed by atoms with Crippen molar-refractivity contribution in [1.29, 1.82) is 0 Å². The Hall–Kier alpha value is -0.310. The van der Waals surface area contributed by atoms with E-state index in [0.29, 0.717) is 21.3 Å². The van der Waals surface area contributed by atoms with Gasteiger partial charge in [0.15, 0.2) is 11.5 Å². The summed E-state index contributed by atoms with van der Waals surface area (Å²) in [7, 11) is 0. The summed E-state index contributed by atoms with van der Waals surface area (Å²) < 4.78 is 50.1. The standard InChI is InChI=1S/C16H7Br2Cl4F3O2/c17-13(18)1-2-26-8-5-11(21)15(12(22)6-8)27-14-9(19)3-7(4-10(14)20)16(23,24)25/h1,3-6H,2H2. The molecule has 0 aliphatic carbocycles. The Morgan fingerprint density at radius 3 is 1.74 bits per heavy atom. The molecule has 0 aliphatic heterocycles. The largest absolute Gasteiger partial charge is 0.489 e. The van der Waals surface area contributed by atoms with Crippen molar-refractivity contribution < 1.29 is 22.6 Å². The van der Waals surface area contributed by atoms with E-state index in [1.165, 1.54) is 12.1 Å². The molecule has 0 bridgehead atoms. The summed E-state index contributed by atoms with van der Waals surface area (Å²) in [4.78, 5) is 0. The smallest absolute Gasteiger partial charge is 0.416 e. The van der Waals surface area contributed by atoms with Crippen LogP contribution in [0.15, 0.2) is 33.7 Å². The van der Waals surface area contributed by atoms with E-state index in [1.54, 1.807) is 6.08 Å². The summed E-state index contributed by atoms with van der Waals surface area (Å²) in [5, 5.41) is -0.554. The molecular weight excluding hydrogens is 583 g/mol. The lowest BCUT2D eigenvalue weighted by molar-refractivity contribution is -0.137. The molecule has 0 fully saturated rings. The van der Waals surface area contributed by atoms with E-state index in [9.17, 15) is 13.2 Å². The molecule has 0 saturated heterocycles. The Morgan fingerprint density at radius 1 is 0.889 bits per heavy atom. The molecule has 0 N–H and O–H groups in total. The summed E-state index contributed by atoms with van der Waals surface area (Å²) in [5.41, 5.74) is -1.00. The highest BCUT2D eigenvalue weighted by atomic mass is 79.9. The first-order valence-corrected chi connectivity index (χ1v) is 9.96. The van der Waals surface area contributed by atoms with Gasteiger partial charge in [0.25, 0.3) is 0 Å². The van der Waals surface area contributed by atoms with Crippen LogP contribution in [0.3, 0.4) is 0 Å². The van der Waals surface area contributed by atoms with Crippen LogP contribution in [-0.2, 0) is 6.18 Å². The maximum atomic E-state index is 12.8. The average Bonchev–Trinajstić information content (AvgIpc) is 2.51. The lowest BCUT2D eigenvalue weighted by atomic mass is 10.2. The first-order chi connectivity index (χ1) is 12.5. The summed E-state index contributed by atoms with van der Waals surface area (Å²) in [6.45, 7) is 0.231. The van der Waals surface area contributed by atoms with Gasteiger partial charge in [-0.1, -0.05) is 46.4 Å². The minimum absolute atomic E-state index is 0.0218. The van der Waals surface area contributed by atoms with Gasteiger partial charge in [0.2, 0.25) is 0 Å². The molecule has 146 valence electrons. The molecule has 0 aromatic heterocycles. The van der Waals surface area contributed by atoms with E-state index in [2.05, 4.69) is 31.9 Å². The summed E-state index contributed by atoms with van der Waals surface area (Å²) in [6, 6.07) is 4.27. The summed E-state index contributed by atoms with van der Waals surface area (Å²) in [6.07, 6.45) is -2.90. The van der Waals surface area contributed by atoms with Crippen LogP contribution in [0.25, 0.3) is 0 Å².